The van der Waals surface area contributed by atoms with E-state index in [9.17, 15) is 9.59 Å². The molecule has 0 saturated carbocycles. The Morgan fingerprint density at radius 2 is 2.00 bits per heavy atom. The summed E-state index contributed by atoms with van der Waals surface area (Å²) in [6, 6.07) is 11.1. The first-order valence-electron chi connectivity index (χ1n) is 12.1. The quantitative estimate of drug-likeness (QED) is 0.548. The summed E-state index contributed by atoms with van der Waals surface area (Å²) in [5.74, 6) is -0.204. The summed E-state index contributed by atoms with van der Waals surface area (Å²) in [6.07, 6.45) is 1.44. The minimum absolute atomic E-state index is 0.0365. The fraction of sp³-hybridized carbons (Fsp3) is 0.480. The second-order valence-corrected chi connectivity index (χ2v) is 10.0. The first-order chi connectivity index (χ1) is 17.0. The Morgan fingerprint density at radius 3 is 2.69 bits per heavy atom. The second kappa shape index (κ2) is 12.5. The van der Waals surface area contributed by atoms with Crippen LogP contribution in [0.25, 0.3) is 0 Å². The SMILES string of the molecule is CCCNC(=O)N(CCN1CCOCC1)CC(=O)N1N=C(c2cccs2)C[C@H]1c1ccc(Cl)cc1. The van der Waals surface area contributed by atoms with Crippen molar-refractivity contribution in [3.8, 4) is 0 Å². The van der Waals surface area contributed by atoms with E-state index in [4.69, 9.17) is 21.4 Å². The third-order valence-corrected chi connectivity index (χ3v) is 7.33. The zero-order valence-corrected chi connectivity index (χ0v) is 21.6. The minimum atomic E-state index is -0.239. The number of hydrogen-bond donors (Lipinski definition) is 1. The number of urea groups is 1. The molecule has 3 amide bonds. The largest absolute Gasteiger partial charge is 0.379 e. The molecule has 1 saturated heterocycles. The molecule has 10 heteroatoms. The van der Waals surface area contributed by atoms with E-state index in [-0.39, 0.29) is 24.5 Å². The summed E-state index contributed by atoms with van der Waals surface area (Å²) in [4.78, 5) is 31.4. The van der Waals surface area contributed by atoms with Gasteiger partial charge in [0.05, 0.1) is 29.8 Å². The Labute approximate surface area is 215 Å². The van der Waals surface area contributed by atoms with Crippen LogP contribution in [0.1, 0.15) is 36.2 Å². The van der Waals surface area contributed by atoms with Crippen molar-refractivity contribution >= 4 is 40.6 Å². The molecule has 188 valence electrons. The molecule has 1 atom stereocenters. The van der Waals surface area contributed by atoms with E-state index < -0.39 is 0 Å². The van der Waals surface area contributed by atoms with Crippen LogP contribution in [0.4, 0.5) is 4.79 Å². The van der Waals surface area contributed by atoms with Crippen LogP contribution in [0.5, 0.6) is 0 Å². The molecule has 0 bridgehead atoms. The molecular weight excluding hydrogens is 486 g/mol. The van der Waals surface area contributed by atoms with Gasteiger partial charge >= 0.3 is 6.03 Å². The monoisotopic (exact) mass is 517 g/mol. The number of halogens is 1. The van der Waals surface area contributed by atoms with E-state index >= 15 is 0 Å². The Kier molecular flexibility index (Phi) is 9.14. The van der Waals surface area contributed by atoms with Gasteiger partial charge in [-0.15, -0.1) is 11.3 Å². The molecule has 2 aliphatic heterocycles. The molecule has 4 rings (SSSR count). The highest BCUT2D eigenvalue weighted by Crippen LogP contribution is 2.34. The zero-order valence-electron chi connectivity index (χ0n) is 20.0. The Balaban J connectivity index is 1.51. The van der Waals surface area contributed by atoms with Crippen molar-refractivity contribution in [3.05, 3.63) is 57.2 Å². The maximum absolute atomic E-state index is 13.6. The predicted molar refractivity (Wildman–Crippen MR) is 139 cm³/mol. The molecule has 0 spiro atoms. The molecule has 1 aromatic carbocycles. The number of rotatable bonds is 9. The van der Waals surface area contributed by atoms with Crippen LogP contribution in [0, 0.1) is 0 Å². The third kappa shape index (κ3) is 6.82. The smallest absolute Gasteiger partial charge is 0.317 e. The van der Waals surface area contributed by atoms with Crippen LogP contribution in [-0.2, 0) is 9.53 Å². The molecule has 1 aromatic heterocycles. The highest BCUT2D eigenvalue weighted by Gasteiger charge is 2.34. The number of nitrogens with zero attached hydrogens (tertiary/aromatic N) is 4. The lowest BCUT2D eigenvalue weighted by Crippen LogP contribution is -2.49. The van der Waals surface area contributed by atoms with Crippen molar-refractivity contribution < 1.29 is 14.3 Å². The molecule has 1 N–H and O–H groups in total. The average Bonchev–Trinajstić information content (AvgIpc) is 3.56. The average molecular weight is 518 g/mol. The van der Waals surface area contributed by atoms with Crippen LogP contribution in [-0.4, -0.2) is 84.9 Å². The van der Waals surface area contributed by atoms with Gasteiger partial charge in [0.1, 0.15) is 6.54 Å². The van der Waals surface area contributed by atoms with Crippen molar-refractivity contribution in [2.45, 2.75) is 25.8 Å². The van der Waals surface area contributed by atoms with Crippen LogP contribution in [0.15, 0.2) is 46.9 Å². The van der Waals surface area contributed by atoms with E-state index in [1.807, 2.05) is 48.7 Å². The summed E-state index contributed by atoms with van der Waals surface area (Å²) in [7, 11) is 0. The van der Waals surface area contributed by atoms with Crippen molar-refractivity contribution in [3.63, 3.8) is 0 Å². The van der Waals surface area contributed by atoms with Crippen LogP contribution in [0.3, 0.4) is 0 Å². The first kappa shape index (κ1) is 25.6. The molecule has 35 heavy (non-hydrogen) atoms. The van der Waals surface area contributed by atoms with Gasteiger partial charge in [-0.2, -0.15) is 5.10 Å². The van der Waals surface area contributed by atoms with Gasteiger partial charge in [0, 0.05) is 44.2 Å². The highest BCUT2D eigenvalue weighted by molar-refractivity contribution is 7.12. The molecule has 2 aromatic rings. The Morgan fingerprint density at radius 1 is 1.23 bits per heavy atom. The minimum Gasteiger partial charge on any atom is -0.379 e. The lowest BCUT2D eigenvalue weighted by atomic mass is 10.0. The van der Waals surface area contributed by atoms with Gasteiger partial charge in [-0.05, 0) is 35.6 Å². The van der Waals surface area contributed by atoms with E-state index in [1.165, 1.54) is 0 Å². The number of amides is 3. The number of thiophene rings is 1. The van der Waals surface area contributed by atoms with Crippen molar-refractivity contribution in [2.24, 2.45) is 5.10 Å². The molecule has 2 aliphatic rings. The van der Waals surface area contributed by atoms with Crippen molar-refractivity contribution in [1.29, 1.82) is 0 Å². The molecule has 0 unspecified atom stereocenters. The number of morpholine rings is 1. The normalized spacial score (nSPS) is 18.4. The summed E-state index contributed by atoms with van der Waals surface area (Å²) >= 11 is 7.71. The van der Waals surface area contributed by atoms with Crippen molar-refractivity contribution in [1.82, 2.24) is 20.1 Å². The van der Waals surface area contributed by atoms with Crippen LogP contribution < -0.4 is 5.32 Å². The van der Waals surface area contributed by atoms with E-state index in [2.05, 4.69) is 10.2 Å². The van der Waals surface area contributed by atoms with Crippen molar-refractivity contribution in [2.75, 3.05) is 52.5 Å². The standard InChI is InChI=1S/C25H32ClN5O3S/c1-2-9-27-25(33)30(11-10-29-12-14-34-15-13-29)18-24(32)31-22(19-5-7-20(26)8-6-19)17-21(28-31)23-4-3-16-35-23/h3-8,16,22H,2,9-15,17-18H2,1H3,(H,27,33)/t22-/m0/s1. The highest BCUT2D eigenvalue weighted by atomic mass is 35.5. The molecule has 0 radical (unpaired) electrons. The molecule has 0 aliphatic carbocycles. The summed E-state index contributed by atoms with van der Waals surface area (Å²) < 4.78 is 5.42. The van der Waals surface area contributed by atoms with E-state index in [1.54, 1.807) is 21.2 Å². The van der Waals surface area contributed by atoms with Gasteiger partial charge in [-0.1, -0.05) is 36.7 Å². The molecular formula is C25H32ClN5O3S. The van der Waals surface area contributed by atoms with Gasteiger partial charge in [0.25, 0.3) is 5.91 Å². The number of hydrazone groups is 1. The van der Waals surface area contributed by atoms with Gasteiger partial charge in [0.2, 0.25) is 0 Å². The second-order valence-electron chi connectivity index (χ2n) is 8.64. The maximum Gasteiger partial charge on any atom is 0.317 e. The van der Waals surface area contributed by atoms with Gasteiger partial charge < -0.3 is 15.0 Å². The third-order valence-electron chi connectivity index (χ3n) is 6.16. The topological polar surface area (TPSA) is 77.5 Å². The van der Waals surface area contributed by atoms with E-state index in [0.717, 1.165) is 35.7 Å². The Hall–Kier alpha value is -2.46. The predicted octanol–water partition coefficient (Wildman–Crippen LogP) is 3.83. The van der Waals surface area contributed by atoms with E-state index in [0.29, 0.717) is 44.3 Å². The number of benzene rings is 1. The number of nitrogens with one attached hydrogen (secondary N) is 1. The number of hydrogen-bond acceptors (Lipinski definition) is 6. The Bertz CT molecular complexity index is 1010. The summed E-state index contributed by atoms with van der Waals surface area (Å²) in [6.45, 7) is 6.74. The lowest BCUT2D eigenvalue weighted by Gasteiger charge is -2.31. The number of carbonyl (C=O) groups is 2. The molecule has 1 fully saturated rings. The zero-order chi connectivity index (χ0) is 24.6. The fourth-order valence-electron chi connectivity index (χ4n) is 4.20. The maximum atomic E-state index is 13.6. The fourth-order valence-corrected chi connectivity index (χ4v) is 5.04. The molecule has 8 nitrogen and oxygen atoms in total. The van der Waals surface area contributed by atoms with Gasteiger partial charge in [-0.3, -0.25) is 9.69 Å². The van der Waals surface area contributed by atoms with Crippen LogP contribution >= 0.6 is 22.9 Å². The number of carbonyl (C=O) groups excluding carboxylic acids is 2. The lowest BCUT2D eigenvalue weighted by molar-refractivity contribution is -0.133. The summed E-state index contributed by atoms with van der Waals surface area (Å²) in [5, 5.41) is 11.8. The van der Waals surface area contributed by atoms with Crippen LogP contribution in [0.2, 0.25) is 5.02 Å². The van der Waals surface area contributed by atoms with Gasteiger partial charge in [0.15, 0.2) is 0 Å². The summed E-state index contributed by atoms with van der Waals surface area (Å²) in [5.41, 5.74) is 1.84. The van der Waals surface area contributed by atoms with Gasteiger partial charge in [-0.25, -0.2) is 9.80 Å². The molecule has 3 heterocycles. The number of ether oxygens (including phenoxy) is 1. The first-order valence-corrected chi connectivity index (χ1v) is 13.3.